The van der Waals surface area contributed by atoms with Gasteiger partial charge in [-0.1, -0.05) is 0 Å². The number of ether oxygens (including phenoxy) is 1. The summed E-state index contributed by atoms with van der Waals surface area (Å²) in [6.07, 6.45) is 2.13. The van der Waals surface area contributed by atoms with Gasteiger partial charge in [-0.05, 0) is 18.2 Å². The molecule has 2 aromatic rings. The van der Waals surface area contributed by atoms with Crippen molar-refractivity contribution in [1.82, 2.24) is 14.9 Å². The van der Waals surface area contributed by atoms with Crippen molar-refractivity contribution in [3.63, 3.8) is 0 Å². The number of hydrogen-bond donors (Lipinski definition) is 2. The van der Waals surface area contributed by atoms with Crippen LogP contribution in [-0.4, -0.2) is 70.4 Å². The molecule has 3 heterocycles. The van der Waals surface area contributed by atoms with Gasteiger partial charge < -0.3 is 20.1 Å². The molecule has 0 unspecified atom stereocenters. The number of nitrogens with one attached hydrogen (secondary N) is 1. The van der Waals surface area contributed by atoms with Crippen LogP contribution in [0.1, 0.15) is 0 Å². The van der Waals surface area contributed by atoms with E-state index in [0.29, 0.717) is 24.6 Å². The topological polar surface area (TPSA) is 134 Å². The van der Waals surface area contributed by atoms with Crippen LogP contribution >= 0.6 is 0 Å². The van der Waals surface area contributed by atoms with Crippen LogP contribution < -0.4 is 10.2 Å². The molecule has 3 rings (SSSR count). The number of aromatic nitrogens is 2. The van der Waals surface area contributed by atoms with Crippen molar-refractivity contribution in [2.75, 3.05) is 43.6 Å². The van der Waals surface area contributed by atoms with Crippen LogP contribution in [0.2, 0.25) is 0 Å². The van der Waals surface area contributed by atoms with Gasteiger partial charge in [-0.15, -0.1) is 0 Å². The molecule has 0 saturated carbocycles. The van der Waals surface area contributed by atoms with E-state index < -0.39 is 11.0 Å². The lowest BCUT2D eigenvalue weighted by Gasteiger charge is -2.40. The maximum absolute atomic E-state index is 11.4. The fraction of sp³-hybridized carbons (Fsp3) is 0.353. The Morgan fingerprint density at radius 2 is 2.11 bits per heavy atom. The van der Waals surface area contributed by atoms with Crippen molar-refractivity contribution in [1.29, 1.82) is 0 Å². The van der Waals surface area contributed by atoms with Gasteiger partial charge in [0.15, 0.2) is 0 Å². The quantitative estimate of drug-likeness (QED) is 0.562. The molecule has 0 spiro atoms. The van der Waals surface area contributed by atoms with Crippen molar-refractivity contribution in [3.05, 3.63) is 46.8 Å². The number of nitrogens with zero attached hydrogens (tertiary/aromatic N) is 5. The Morgan fingerprint density at radius 3 is 2.75 bits per heavy atom. The first kappa shape index (κ1) is 19.3. The normalized spacial score (nSPS) is 16.7. The zero-order chi connectivity index (χ0) is 20.1. The standard InChI is InChI=1S/C17H20N6O5/c1-28-11-13-10-21(8-9-22(13)17(24)25)15-3-2-14(23(26)27)16(20-15)19-12-4-6-18-7-5-12/h2-7,13H,8-11H2,1H3,(H,24,25)(H,18,19,20)/t13-/m1/s1. The Labute approximate surface area is 160 Å². The number of pyridine rings is 2. The van der Waals surface area contributed by atoms with E-state index in [4.69, 9.17) is 4.74 Å². The first-order valence-electron chi connectivity index (χ1n) is 8.55. The van der Waals surface area contributed by atoms with Crippen LogP contribution in [-0.2, 0) is 4.74 Å². The number of carbonyl (C=O) groups is 1. The molecule has 0 bridgehead atoms. The molecule has 1 aliphatic heterocycles. The summed E-state index contributed by atoms with van der Waals surface area (Å²) in [7, 11) is 1.51. The molecule has 2 aromatic heterocycles. The lowest BCUT2D eigenvalue weighted by molar-refractivity contribution is -0.384. The van der Waals surface area contributed by atoms with Crippen molar-refractivity contribution in [3.8, 4) is 0 Å². The summed E-state index contributed by atoms with van der Waals surface area (Å²) in [5.74, 6) is 0.631. The highest BCUT2D eigenvalue weighted by molar-refractivity contribution is 5.68. The van der Waals surface area contributed by atoms with Crippen LogP contribution in [0.3, 0.4) is 0 Å². The predicted molar refractivity (Wildman–Crippen MR) is 101 cm³/mol. The zero-order valence-corrected chi connectivity index (χ0v) is 15.2. The molecule has 1 fully saturated rings. The molecule has 0 aliphatic carbocycles. The molecule has 1 amide bonds. The fourth-order valence-electron chi connectivity index (χ4n) is 3.08. The Balaban J connectivity index is 1.86. The van der Waals surface area contributed by atoms with E-state index in [1.807, 2.05) is 4.90 Å². The van der Waals surface area contributed by atoms with Crippen LogP contribution in [0.5, 0.6) is 0 Å². The van der Waals surface area contributed by atoms with Gasteiger partial charge in [0.05, 0.1) is 17.6 Å². The number of nitro groups is 1. The third kappa shape index (κ3) is 4.26. The fourth-order valence-corrected chi connectivity index (χ4v) is 3.08. The van der Waals surface area contributed by atoms with Gasteiger partial charge in [0.2, 0.25) is 5.82 Å². The second kappa shape index (κ2) is 8.48. The van der Waals surface area contributed by atoms with Crippen LogP contribution in [0.15, 0.2) is 36.7 Å². The summed E-state index contributed by atoms with van der Waals surface area (Å²) in [4.78, 5) is 33.8. The second-order valence-corrected chi connectivity index (χ2v) is 6.19. The minimum absolute atomic E-state index is 0.109. The Bertz CT molecular complexity index is 849. The molecule has 0 aromatic carbocycles. The highest BCUT2D eigenvalue weighted by Gasteiger charge is 2.31. The van der Waals surface area contributed by atoms with Crippen LogP contribution in [0.4, 0.5) is 27.8 Å². The maximum Gasteiger partial charge on any atom is 0.407 e. The molecule has 11 heteroatoms. The average Bonchev–Trinajstić information content (AvgIpc) is 2.68. The lowest BCUT2D eigenvalue weighted by atomic mass is 10.2. The monoisotopic (exact) mass is 388 g/mol. The van der Waals surface area contributed by atoms with Gasteiger partial charge in [-0.25, -0.2) is 9.78 Å². The van der Waals surface area contributed by atoms with Crippen molar-refractivity contribution in [2.45, 2.75) is 6.04 Å². The van der Waals surface area contributed by atoms with Crippen molar-refractivity contribution in [2.24, 2.45) is 0 Å². The summed E-state index contributed by atoms with van der Waals surface area (Å²) in [5.41, 5.74) is 0.467. The smallest absolute Gasteiger partial charge is 0.407 e. The van der Waals surface area contributed by atoms with E-state index in [1.165, 1.54) is 18.1 Å². The van der Waals surface area contributed by atoms with Gasteiger partial charge in [-0.2, -0.15) is 0 Å². The molecule has 1 saturated heterocycles. The number of hydrogen-bond acceptors (Lipinski definition) is 8. The van der Waals surface area contributed by atoms with Crippen LogP contribution in [0, 0.1) is 10.1 Å². The van der Waals surface area contributed by atoms with E-state index in [-0.39, 0.29) is 30.7 Å². The summed E-state index contributed by atoms with van der Waals surface area (Å²) in [6, 6.07) is 5.96. The third-order valence-electron chi connectivity index (χ3n) is 4.41. The highest BCUT2D eigenvalue weighted by atomic mass is 16.6. The molecule has 28 heavy (non-hydrogen) atoms. The molecular formula is C17H20N6O5. The predicted octanol–water partition coefficient (Wildman–Crippen LogP) is 1.94. The van der Waals surface area contributed by atoms with E-state index in [1.54, 1.807) is 30.6 Å². The number of methoxy groups -OCH3 is 1. The van der Waals surface area contributed by atoms with Crippen molar-refractivity contribution < 1.29 is 19.6 Å². The number of anilines is 3. The van der Waals surface area contributed by atoms with Gasteiger partial charge in [-0.3, -0.25) is 20.0 Å². The van der Waals surface area contributed by atoms with E-state index in [2.05, 4.69) is 15.3 Å². The Morgan fingerprint density at radius 1 is 1.36 bits per heavy atom. The highest BCUT2D eigenvalue weighted by Crippen LogP contribution is 2.29. The average molecular weight is 388 g/mol. The van der Waals surface area contributed by atoms with E-state index in [9.17, 15) is 20.0 Å². The summed E-state index contributed by atoms with van der Waals surface area (Å²) >= 11 is 0. The maximum atomic E-state index is 11.4. The summed E-state index contributed by atoms with van der Waals surface area (Å²) in [5, 5.41) is 23.7. The largest absolute Gasteiger partial charge is 0.465 e. The van der Waals surface area contributed by atoms with E-state index in [0.717, 1.165) is 0 Å². The SMILES string of the molecule is COC[C@H]1CN(c2ccc([N+](=O)[O-])c(Nc3ccncc3)n2)CCN1C(=O)O. The molecule has 0 radical (unpaired) electrons. The van der Waals surface area contributed by atoms with Crippen molar-refractivity contribution >= 4 is 29.1 Å². The molecule has 1 aliphatic rings. The Kier molecular flexibility index (Phi) is 5.84. The lowest BCUT2D eigenvalue weighted by Crippen LogP contribution is -2.56. The third-order valence-corrected chi connectivity index (χ3v) is 4.41. The number of amides is 1. The molecule has 11 nitrogen and oxygen atoms in total. The first-order chi connectivity index (χ1) is 13.5. The first-order valence-corrected chi connectivity index (χ1v) is 8.55. The molecular weight excluding hydrogens is 368 g/mol. The molecule has 2 N–H and O–H groups in total. The molecule has 148 valence electrons. The second-order valence-electron chi connectivity index (χ2n) is 6.19. The van der Waals surface area contributed by atoms with E-state index >= 15 is 0 Å². The van der Waals surface area contributed by atoms with Gasteiger partial charge >= 0.3 is 11.8 Å². The summed E-state index contributed by atoms with van der Waals surface area (Å²) < 4.78 is 5.14. The number of rotatable bonds is 6. The van der Waals surface area contributed by atoms with Gasteiger partial charge in [0.25, 0.3) is 0 Å². The number of carboxylic acid groups (broad SMARTS) is 1. The summed E-state index contributed by atoms with van der Waals surface area (Å²) in [6.45, 7) is 1.33. The van der Waals surface area contributed by atoms with Crippen LogP contribution in [0.25, 0.3) is 0 Å². The van der Waals surface area contributed by atoms with Gasteiger partial charge in [0, 0.05) is 50.9 Å². The minimum atomic E-state index is -1.00. The Hall–Kier alpha value is -3.47. The minimum Gasteiger partial charge on any atom is -0.465 e. The molecule has 1 atom stereocenters. The number of piperazine rings is 1. The zero-order valence-electron chi connectivity index (χ0n) is 15.2. The van der Waals surface area contributed by atoms with Gasteiger partial charge in [0.1, 0.15) is 5.82 Å².